The maximum atomic E-state index is 10.2. The highest BCUT2D eigenvalue weighted by molar-refractivity contribution is 5.80. The molecule has 4 heteroatoms. The van der Waals surface area contributed by atoms with Gasteiger partial charge in [-0.3, -0.25) is 0 Å². The number of carboxylic acid groups (broad SMARTS) is 1. The second-order valence-electron chi connectivity index (χ2n) is 5.82. The number of aliphatic hydroxyl groups is 2. The summed E-state index contributed by atoms with van der Waals surface area (Å²) in [5.74, 6) is -0.962. The number of unbranched alkanes of at least 4 members (excludes halogenated alkanes) is 5. The van der Waals surface area contributed by atoms with E-state index in [9.17, 15) is 9.90 Å². The van der Waals surface area contributed by atoms with E-state index in [1.807, 2.05) is 36.5 Å². The molecular weight excluding hydrogens is 328 g/mol. The monoisotopic (exact) mass is 360 g/mol. The van der Waals surface area contributed by atoms with Gasteiger partial charge in [-0.05, 0) is 12.8 Å². The molecule has 4 nitrogen and oxygen atoms in total. The highest BCUT2D eigenvalue weighted by Gasteiger charge is 1.98. The molecule has 0 rings (SSSR count). The molecule has 0 fully saturated rings. The molecule has 0 spiro atoms. The van der Waals surface area contributed by atoms with Crippen LogP contribution in [0.25, 0.3) is 0 Å². The Morgan fingerprint density at radius 1 is 0.692 bits per heavy atom. The number of rotatable bonds is 15. The van der Waals surface area contributed by atoms with Crippen LogP contribution in [-0.4, -0.2) is 34.0 Å². The van der Waals surface area contributed by atoms with Crippen LogP contribution in [0.5, 0.6) is 0 Å². The van der Waals surface area contributed by atoms with Crippen LogP contribution < -0.4 is 0 Å². The van der Waals surface area contributed by atoms with Gasteiger partial charge in [0.05, 0.1) is 6.10 Å². The second-order valence-corrected chi connectivity index (χ2v) is 5.82. The normalized spacial score (nSPS) is 14.2. The topological polar surface area (TPSA) is 77.8 Å². The van der Waals surface area contributed by atoms with Crippen LogP contribution in [0.4, 0.5) is 0 Å². The van der Waals surface area contributed by atoms with Crippen molar-refractivity contribution >= 4 is 5.97 Å². The largest absolute Gasteiger partial charge is 0.478 e. The zero-order valence-corrected chi connectivity index (χ0v) is 15.4. The summed E-state index contributed by atoms with van der Waals surface area (Å²) < 4.78 is 0. The lowest BCUT2D eigenvalue weighted by Gasteiger charge is -2.04. The summed E-state index contributed by atoms with van der Waals surface area (Å²) >= 11 is 0. The summed E-state index contributed by atoms with van der Waals surface area (Å²) in [5, 5.41) is 26.9. The van der Waals surface area contributed by atoms with Crippen molar-refractivity contribution in [3.63, 3.8) is 0 Å². The Kier molecular flexibility index (Phi) is 17.6. The molecule has 0 aromatic rings. The van der Waals surface area contributed by atoms with E-state index in [1.54, 1.807) is 24.3 Å². The Balaban J connectivity index is 3.73. The van der Waals surface area contributed by atoms with Crippen molar-refractivity contribution in [2.45, 2.75) is 51.0 Å². The minimum atomic E-state index is -0.962. The van der Waals surface area contributed by atoms with E-state index in [-0.39, 0.29) is 6.61 Å². The van der Waals surface area contributed by atoms with Crippen LogP contribution >= 0.6 is 0 Å². The summed E-state index contributed by atoms with van der Waals surface area (Å²) in [6.07, 6.45) is 27.5. The molecule has 0 aromatic carbocycles. The molecule has 0 aliphatic carbocycles. The first-order valence-corrected chi connectivity index (χ1v) is 9.20. The molecule has 0 bridgehead atoms. The Morgan fingerprint density at radius 3 is 1.69 bits per heavy atom. The molecule has 0 saturated carbocycles. The van der Waals surface area contributed by atoms with Crippen LogP contribution in [0, 0.1) is 0 Å². The molecule has 0 heterocycles. The SMILES string of the molecule is O=C(O)/C=C/C=C/C=C/C=C/C=C/C=C/[C@H](O)CCCCCCCCO. The Bertz CT molecular complexity index is 510. The Hall–Kier alpha value is -2.17. The third kappa shape index (κ3) is 19.9. The number of allylic oxidation sites excluding steroid dienone is 10. The van der Waals surface area contributed by atoms with Gasteiger partial charge in [0, 0.05) is 12.7 Å². The molecule has 0 radical (unpaired) electrons. The third-order valence-electron chi connectivity index (χ3n) is 3.48. The number of carboxylic acids is 1. The lowest BCUT2D eigenvalue weighted by molar-refractivity contribution is -0.131. The zero-order chi connectivity index (χ0) is 19.3. The van der Waals surface area contributed by atoms with Crippen molar-refractivity contribution < 1.29 is 20.1 Å². The molecule has 3 N–H and O–H groups in total. The number of aliphatic carboxylic acids is 1. The van der Waals surface area contributed by atoms with E-state index in [2.05, 4.69) is 0 Å². The molecular formula is C22H32O4. The first-order chi connectivity index (χ1) is 12.7. The van der Waals surface area contributed by atoms with E-state index in [0.29, 0.717) is 0 Å². The molecule has 26 heavy (non-hydrogen) atoms. The average molecular weight is 360 g/mol. The maximum absolute atomic E-state index is 10.2. The number of aliphatic hydroxyl groups excluding tert-OH is 2. The summed E-state index contributed by atoms with van der Waals surface area (Å²) in [6, 6.07) is 0. The van der Waals surface area contributed by atoms with E-state index < -0.39 is 12.1 Å². The summed E-state index contributed by atoms with van der Waals surface area (Å²) in [6.45, 7) is 0.283. The van der Waals surface area contributed by atoms with Crippen molar-refractivity contribution in [1.29, 1.82) is 0 Å². The van der Waals surface area contributed by atoms with Gasteiger partial charge in [0.25, 0.3) is 0 Å². The van der Waals surface area contributed by atoms with Gasteiger partial charge in [-0.15, -0.1) is 0 Å². The van der Waals surface area contributed by atoms with Gasteiger partial charge in [-0.2, -0.15) is 0 Å². The molecule has 1 atom stereocenters. The molecule has 0 saturated heterocycles. The van der Waals surface area contributed by atoms with Gasteiger partial charge in [0.15, 0.2) is 0 Å². The van der Waals surface area contributed by atoms with E-state index >= 15 is 0 Å². The molecule has 0 amide bonds. The predicted molar refractivity (Wildman–Crippen MR) is 108 cm³/mol. The van der Waals surface area contributed by atoms with Gasteiger partial charge < -0.3 is 15.3 Å². The number of carbonyl (C=O) groups is 1. The van der Waals surface area contributed by atoms with Crippen molar-refractivity contribution in [3.8, 4) is 0 Å². The van der Waals surface area contributed by atoms with Gasteiger partial charge >= 0.3 is 5.97 Å². The van der Waals surface area contributed by atoms with Gasteiger partial charge in [-0.1, -0.05) is 98.9 Å². The van der Waals surface area contributed by atoms with Gasteiger partial charge in [-0.25, -0.2) is 4.79 Å². The molecule has 0 aromatic heterocycles. The Morgan fingerprint density at radius 2 is 1.15 bits per heavy atom. The summed E-state index contributed by atoms with van der Waals surface area (Å²) in [4.78, 5) is 10.2. The smallest absolute Gasteiger partial charge is 0.328 e. The molecule has 144 valence electrons. The summed E-state index contributed by atoms with van der Waals surface area (Å²) in [7, 11) is 0. The quantitative estimate of drug-likeness (QED) is 0.228. The van der Waals surface area contributed by atoms with E-state index in [1.165, 1.54) is 12.5 Å². The lowest BCUT2D eigenvalue weighted by Crippen LogP contribution is -2.01. The first-order valence-electron chi connectivity index (χ1n) is 9.20. The van der Waals surface area contributed by atoms with Crippen molar-refractivity contribution in [1.82, 2.24) is 0 Å². The highest BCUT2D eigenvalue weighted by atomic mass is 16.4. The minimum Gasteiger partial charge on any atom is -0.478 e. The second kappa shape index (κ2) is 19.2. The lowest BCUT2D eigenvalue weighted by atomic mass is 10.1. The minimum absolute atomic E-state index is 0.283. The Labute approximate surface area is 157 Å². The fraction of sp³-hybridized carbons (Fsp3) is 0.409. The molecule has 0 aliphatic heterocycles. The zero-order valence-electron chi connectivity index (χ0n) is 15.4. The average Bonchev–Trinajstić information content (AvgIpc) is 2.61. The van der Waals surface area contributed by atoms with Crippen molar-refractivity contribution in [2.24, 2.45) is 0 Å². The fourth-order valence-corrected chi connectivity index (χ4v) is 2.11. The predicted octanol–water partition coefficient (Wildman–Crippen LogP) is 4.49. The van der Waals surface area contributed by atoms with Crippen LogP contribution in [0.2, 0.25) is 0 Å². The number of hydrogen-bond acceptors (Lipinski definition) is 3. The standard InChI is InChI=1S/C22H32O4/c23-20-16-12-8-7-10-14-18-21(24)17-13-9-5-3-1-2-4-6-11-15-19-22(25)26/h1-6,9,11,13,15,17,19,21,23-24H,7-8,10,12,14,16,18,20H2,(H,25,26)/b3-1+,4-2+,9-5+,11-6+,17-13+,19-15+/t21-/m0/s1. The molecule has 0 aliphatic rings. The van der Waals surface area contributed by atoms with Crippen LogP contribution in [0.15, 0.2) is 72.9 Å². The first kappa shape index (κ1) is 23.8. The van der Waals surface area contributed by atoms with Crippen LogP contribution in [0.1, 0.15) is 44.9 Å². The van der Waals surface area contributed by atoms with Gasteiger partial charge in [0.2, 0.25) is 0 Å². The van der Waals surface area contributed by atoms with Crippen molar-refractivity contribution in [3.05, 3.63) is 72.9 Å². The molecule has 0 unspecified atom stereocenters. The van der Waals surface area contributed by atoms with Crippen molar-refractivity contribution in [2.75, 3.05) is 6.61 Å². The summed E-state index contributed by atoms with van der Waals surface area (Å²) in [5.41, 5.74) is 0. The van der Waals surface area contributed by atoms with Crippen LogP contribution in [0.3, 0.4) is 0 Å². The maximum Gasteiger partial charge on any atom is 0.328 e. The number of hydrogen-bond donors (Lipinski definition) is 3. The highest BCUT2D eigenvalue weighted by Crippen LogP contribution is 2.09. The van der Waals surface area contributed by atoms with Crippen LogP contribution in [-0.2, 0) is 4.79 Å². The van der Waals surface area contributed by atoms with E-state index in [4.69, 9.17) is 10.2 Å². The third-order valence-corrected chi connectivity index (χ3v) is 3.48. The van der Waals surface area contributed by atoms with E-state index in [0.717, 1.165) is 44.6 Å². The fourth-order valence-electron chi connectivity index (χ4n) is 2.11. The van der Waals surface area contributed by atoms with Gasteiger partial charge in [0.1, 0.15) is 0 Å².